The van der Waals surface area contributed by atoms with E-state index in [4.69, 9.17) is 0 Å². The maximum absolute atomic E-state index is 12.5. The quantitative estimate of drug-likeness (QED) is 0.743. The molecular formula is C20H20N4O. The number of nitrogens with zero attached hydrogens (tertiary/aromatic N) is 2. The van der Waals surface area contributed by atoms with Crippen molar-refractivity contribution in [2.75, 3.05) is 10.6 Å². The molecule has 2 N–H and O–H groups in total. The largest absolute Gasteiger partial charge is 0.340 e. The number of aryl methyl sites for hydroxylation is 3. The first-order valence-electron chi connectivity index (χ1n) is 8.06. The number of anilines is 3. The van der Waals surface area contributed by atoms with Crippen molar-refractivity contribution >= 4 is 23.1 Å². The van der Waals surface area contributed by atoms with Gasteiger partial charge in [-0.05, 0) is 49.6 Å². The molecule has 3 rings (SSSR count). The predicted octanol–water partition coefficient (Wildman–Crippen LogP) is 4.40. The molecule has 1 amide bonds. The van der Waals surface area contributed by atoms with Gasteiger partial charge in [-0.2, -0.15) is 0 Å². The first-order valence-corrected chi connectivity index (χ1v) is 8.06. The van der Waals surface area contributed by atoms with Crippen LogP contribution in [0.15, 0.2) is 54.9 Å². The van der Waals surface area contributed by atoms with Crippen molar-refractivity contribution in [1.29, 1.82) is 0 Å². The fourth-order valence-electron chi connectivity index (χ4n) is 2.46. The van der Waals surface area contributed by atoms with Crippen LogP contribution in [-0.4, -0.2) is 15.9 Å². The first-order chi connectivity index (χ1) is 12.0. The van der Waals surface area contributed by atoms with E-state index in [1.165, 1.54) is 6.33 Å². The minimum absolute atomic E-state index is 0.263. The van der Waals surface area contributed by atoms with Gasteiger partial charge in [0.2, 0.25) is 0 Å². The van der Waals surface area contributed by atoms with Crippen molar-refractivity contribution in [3.63, 3.8) is 0 Å². The number of nitrogens with one attached hydrogen (secondary N) is 2. The fraction of sp³-hybridized carbons (Fsp3) is 0.150. The van der Waals surface area contributed by atoms with Gasteiger partial charge < -0.3 is 10.6 Å². The molecule has 0 radical (unpaired) electrons. The van der Waals surface area contributed by atoms with Crippen LogP contribution in [0, 0.1) is 20.8 Å². The van der Waals surface area contributed by atoms with Gasteiger partial charge in [-0.15, -0.1) is 0 Å². The molecule has 0 saturated carbocycles. The number of aromatic nitrogens is 2. The minimum Gasteiger partial charge on any atom is -0.340 e. The summed E-state index contributed by atoms with van der Waals surface area (Å²) in [6.45, 7) is 6.00. The van der Waals surface area contributed by atoms with Crippen LogP contribution in [-0.2, 0) is 0 Å². The second kappa shape index (κ2) is 7.13. The second-order valence-corrected chi connectivity index (χ2v) is 6.00. The lowest BCUT2D eigenvalue weighted by Gasteiger charge is -2.11. The van der Waals surface area contributed by atoms with Crippen LogP contribution < -0.4 is 10.6 Å². The number of hydrogen-bond donors (Lipinski definition) is 2. The Kier molecular flexibility index (Phi) is 4.75. The summed E-state index contributed by atoms with van der Waals surface area (Å²) in [5.74, 6) is 0.319. The molecule has 0 bridgehead atoms. The zero-order valence-corrected chi connectivity index (χ0v) is 14.5. The summed E-state index contributed by atoms with van der Waals surface area (Å²) in [7, 11) is 0. The van der Waals surface area contributed by atoms with Crippen molar-refractivity contribution in [2.24, 2.45) is 0 Å². The monoisotopic (exact) mass is 332 g/mol. The number of carbonyl (C=O) groups excluding carboxylic acids is 1. The molecule has 5 heteroatoms. The maximum atomic E-state index is 12.5. The number of carbonyl (C=O) groups is 1. The van der Waals surface area contributed by atoms with Crippen LogP contribution in [0.5, 0.6) is 0 Å². The van der Waals surface area contributed by atoms with E-state index in [1.807, 2.05) is 57.2 Å². The SMILES string of the molecule is Cc1ccc(C)c(Nc2cc(C(=O)Nc3ccccc3C)ncn2)c1. The Morgan fingerprint density at radius 3 is 2.44 bits per heavy atom. The van der Waals surface area contributed by atoms with Crippen molar-refractivity contribution in [1.82, 2.24) is 9.97 Å². The zero-order valence-electron chi connectivity index (χ0n) is 14.5. The van der Waals surface area contributed by atoms with E-state index in [1.54, 1.807) is 6.07 Å². The normalized spacial score (nSPS) is 10.4. The average molecular weight is 332 g/mol. The van der Waals surface area contributed by atoms with Crippen molar-refractivity contribution in [3.05, 3.63) is 77.2 Å². The third kappa shape index (κ3) is 4.01. The minimum atomic E-state index is -0.263. The van der Waals surface area contributed by atoms with Gasteiger partial charge in [0, 0.05) is 17.4 Å². The number of benzene rings is 2. The number of amides is 1. The highest BCUT2D eigenvalue weighted by Gasteiger charge is 2.11. The smallest absolute Gasteiger partial charge is 0.274 e. The van der Waals surface area contributed by atoms with E-state index in [0.29, 0.717) is 11.5 Å². The number of rotatable bonds is 4. The van der Waals surface area contributed by atoms with Gasteiger partial charge in [0.15, 0.2) is 0 Å². The maximum Gasteiger partial charge on any atom is 0.274 e. The van der Waals surface area contributed by atoms with Gasteiger partial charge in [0.25, 0.3) is 5.91 Å². The van der Waals surface area contributed by atoms with Crippen molar-refractivity contribution < 1.29 is 4.79 Å². The molecule has 0 fully saturated rings. The summed E-state index contributed by atoms with van der Waals surface area (Å²) < 4.78 is 0. The molecule has 3 aromatic rings. The standard InChI is InChI=1S/C20H20N4O/c1-13-8-9-15(3)17(10-13)23-19-11-18(21-12-22-19)20(25)24-16-7-5-4-6-14(16)2/h4-12H,1-3H3,(H,24,25)(H,21,22,23). The summed E-state index contributed by atoms with van der Waals surface area (Å²) in [5.41, 5.74) is 5.30. The second-order valence-electron chi connectivity index (χ2n) is 6.00. The van der Waals surface area contributed by atoms with E-state index in [-0.39, 0.29) is 5.91 Å². The van der Waals surface area contributed by atoms with E-state index in [9.17, 15) is 4.79 Å². The highest BCUT2D eigenvalue weighted by Crippen LogP contribution is 2.21. The lowest BCUT2D eigenvalue weighted by molar-refractivity contribution is 0.102. The van der Waals surface area contributed by atoms with Gasteiger partial charge >= 0.3 is 0 Å². The van der Waals surface area contributed by atoms with Crippen LogP contribution >= 0.6 is 0 Å². The topological polar surface area (TPSA) is 66.9 Å². The van der Waals surface area contributed by atoms with Crippen LogP contribution in [0.1, 0.15) is 27.2 Å². The third-order valence-electron chi connectivity index (χ3n) is 3.95. The molecule has 25 heavy (non-hydrogen) atoms. The lowest BCUT2D eigenvalue weighted by Crippen LogP contribution is -2.15. The molecule has 5 nitrogen and oxygen atoms in total. The highest BCUT2D eigenvalue weighted by molar-refractivity contribution is 6.03. The van der Waals surface area contributed by atoms with E-state index >= 15 is 0 Å². The molecule has 0 saturated heterocycles. The first kappa shape index (κ1) is 16.6. The molecule has 0 unspecified atom stereocenters. The molecule has 2 aromatic carbocycles. The fourth-order valence-corrected chi connectivity index (χ4v) is 2.46. The Morgan fingerprint density at radius 2 is 1.64 bits per heavy atom. The highest BCUT2D eigenvalue weighted by atomic mass is 16.1. The van der Waals surface area contributed by atoms with Gasteiger partial charge in [0.05, 0.1) is 0 Å². The van der Waals surface area contributed by atoms with Gasteiger partial charge in [-0.1, -0.05) is 30.3 Å². The molecule has 1 aromatic heterocycles. The van der Waals surface area contributed by atoms with Gasteiger partial charge in [0.1, 0.15) is 17.8 Å². The molecular weight excluding hydrogens is 312 g/mol. The summed E-state index contributed by atoms with van der Waals surface area (Å²) >= 11 is 0. The number of hydrogen-bond acceptors (Lipinski definition) is 4. The van der Waals surface area contributed by atoms with Gasteiger partial charge in [-0.3, -0.25) is 4.79 Å². The van der Waals surface area contributed by atoms with Crippen LogP contribution in [0.4, 0.5) is 17.2 Å². The molecule has 0 atom stereocenters. The Labute approximate surface area is 147 Å². The Bertz CT molecular complexity index is 921. The van der Waals surface area contributed by atoms with Gasteiger partial charge in [-0.25, -0.2) is 9.97 Å². The average Bonchev–Trinajstić information content (AvgIpc) is 2.60. The Balaban J connectivity index is 1.80. The molecule has 1 heterocycles. The van der Waals surface area contributed by atoms with Crippen LogP contribution in [0.3, 0.4) is 0 Å². The molecule has 0 spiro atoms. The lowest BCUT2D eigenvalue weighted by atomic mass is 10.1. The Morgan fingerprint density at radius 1 is 0.880 bits per heavy atom. The van der Waals surface area contributed by atoms with Crippen molar-refractivity contribution in [2.45, 2.75) is 20.8 Å². The summed E-state index contributed by atoms with van der Waals surface area (Å²) in [4.78, 5) is 20.8. The predicted molar refractivity (Wildman–Crippen MR) is 100 cm³/mol. The summed E-state index contributed by atoms with van der Waals surface area (Å²) in [5, 5.41) is 6.13. The van der Waals surface area contributed by atoms with Crippen LogP contribution in [0.2, 0.25) is 0 Å². The van der Waals surface area contributed by atoms with E-state index < -0.39 is 0 Å². The third-order valence-corrected chi connectivity index (χ3v) is 3.95. The molecule has 0 aliphatic heterocycles. The van der Waals surface area contributed by atoms with E-state index in [0.717, 1.165) is 28.1 Å². The van der Waals surface area contributed by atoms with E-state index in [2.05, 4.69) is 26.7 Å². The molecule has 126 valence electrons. The van der Waals surface area contributed by atoms with Crippen molar-refractivity contribution in [3.8, 4) is 0 Å². The molecule has 0 aliphatic carbocycles. The summed E-state index contributed by atoms with van der Waals surface area (Å²) in [6.07, 6.45) is 1.39. The zero-order chi connectivity index (χ0) is 17.8. The number of para-hydroxylation sites is 1. The summed E-state index contributed by atoms with van der Waals surface area (Å²) in [6, 6.07) is 15.4. The van der Waals surface area contributed by atoms with Crippen LogP contribution in [0.25, 0.3) is 0 Å². The Hall–Kier alpha value is -3.21. The molecule has 0 aliphatic rings.